The van der Waals surface area contributed by atoms with Crippen molar-refractivity contribution in [2.45, 2.75) is 69.9 Å². The van der Waals surface area contributed by atoms with Crippen LogP contribution in [0.25, 0.3) is 0 Å². The van der Waals surface area contributed by atoms with E-state index >= 15 is 0 Å². The van der Waals surface area contributed by atoms with Crippen LogP contribution in [0.2, 0.25) is 0 Å². The number of nitrogens with one attached hydrogen (secondary N) is 1. The van der Waals surface area contributed by atoms with E-state index in [1.807, 2.05) is 0 Å². The smallest absolute Gasteiger partial charge is 0.0685 e. The highest BCUT2D eigenvalue weighted by molar-refractivity contribution is 5.04. The molecule has 2 aliphatic carbocycles. The summed E-state index contributed by atoms with van der Waals surface area (Å²) in [4.78, 5) is 0. The second kappa shape index (κ2) is 4.24. The predicted octanol–water partition coefficient (Wildman–Crippen LogP) is 3.11. The predicted molar refractivity (Wildman–Crippen MR) is 70.1 cm³/mol. The Morgan fingerprint density at radius 1 is 1.18 bits per heavy atom. The monoisotopic (exact) mass is 237 g/mol. The first-order chi connectivity index (χ1) is 8.18. The zero-order valence-corrected chi connectivity index (χ0v) is 11.4. The van der Waals surface area contributed by atoms with E-state index in [1.54, 1.807) is 0 Å². The highest BCUT2D eigenvalue weighted by atomic mass is 16.5. The van der Waals surface area contributed by atoms with Gasteiger partial charge in [0.15, 0.2) is 0 Å². The second-order valence-electron chi connectivity index (χ2n) is 6.91. The standard InChI is InChI=1S/C15H27NO/c1-14(8-9-14)13(16-2)12-5-10-17-15(11-12)6-3-4-7-15/h12-13,16H,3-11H2,1-2H3. The van der Waals surface area contributed by atoms with Gasteiger partial charge in [-0.15, -0.1) is 0 Å². The maximum absolute atomic E-state index is 6.16. The van der Waals surface area contributed by atoms with Gasteiger partial charge in [0, 0.05) is 12.6 Å². The maximum atomic E-state index is 6.16. The van der Waals surface area contributed by atoms with Crippen LogP contribution in [-0.4, -0.2) is 25.3 Å². The van der Waals surface area contributed by atoms with E-state index in [-0.39, 0.29) is 5.60 Å². The average molecular weight is 237 g/mol. The zero-order valence-electron chi connectivity index (χ0n) is 11.4. The maximum Gasteiger partial charge on any atom is 0.0685 e. The lowest BCUT2D eigenvalue weighted by Crippen LogP contribution is -2.48. The van der Waals surface area contributed by atoms with Crippen molar-refractivity contribution in [3.8, 4) is 0 Å². The van der Waals surface area contributed by atoms with E-state index in [4.69, 9.17) is 4.74 Å². The lowest BCUT2D eigenvalue weighted by Gasteiger charge is -2.43. The van der Waals surface area contributed by atoms with Gasteiger partial charge in [0.05, 0.1) is 5.60 Å². The van der Waals surface area contributed by atoms with Crippen molar-refractivity contribution in [3.05, 3.63) is 0 Å². The van der Waals surface area contributed by atoms with Gasteiger partial charge in [0.1, 0.15) is 0 Å². The Bertz CT molecular complexity index is 279. The molecule has 1 saturated heterocycles. The fourth-order valence-electron chi connectivity index (χ4n) is 4.38. The number of hydrogen-bond acceptors (Lipinski definition) is 2. The fourth-order valence-corrected chi connectivity index (χ4v) is 4.38. The van der Waals surface area contributed by atoms with Gasteiger partial charge in [0.25, 0.3) is 0 Å². The zero-order chi connectivity index (χ0) is 11.9. The molecule has 1 N–H and O–H groups in total. The molecule has 2 atom stereocenters. The summed E-state index contributed by atoms with van der Waals surface area (Å²) in [5, 5.41) is 3.63. The minimum absolute atomic E-state index is 0.281. The van der Waals surface area contributed by atoms with Gasteiger partial charge in [-0.2, -0.15) is 0 Å². The first kappa shape index (κ1) is 12.0. The molecular formula is C15H27NO. The van der Waals surface area contributed by atoms with Crippen molar-refractivity contribution in [2.24, 2.45) is 11.3 Å². The van der Waals surface area contributed by atoms with Gasteiger partial charge in [-0.3, -0.25) is 0 Å². The molecule has 3 rings (SSSR count). The highest BCUT2D eigenvalue weighted by Gasteiger charge is 2.50. The second-order valence-corrected chi connectivity index (χ2v) is 6.91. The van der Waals surface area contributed by atoms with Crippen LogP contribution >= 0.6 is 0 Å². The SMILES string of the molecule is CNC(C1CCOC2(CCCC2)C1)C1(C)CC1. The van der Waals surface area contributed by atoms with Crippen molar-refractivity contribution in [1.82, 2.24) is 5.32 Å². The van der Waals surface area contributed by atoms with Crippen LogP contribution in [0.4, 0.5) is 0 Å². The van der Waals surface area contributed by atoms with Crippen LogP contribution in [-0.2, 0) is 4.74 Å². The van der Waals surface area contributed by atoms with Gasteiger partial charge < -0.3 is 10.1 Å². The summed E-state index contributed by atoms with van der Waals surface area (Å²) in [5.74, 6) is 0.847. The van der Waals surface area contributed by atoms with Crippen molar-refractivity contribution in [1.29, 1.82) is 0 Å². The van der Waals surface area contributed by atoms with Crippen LogP contribution in [0.3, 0.4) is 0 Å². The van der Waals surface area contributed by atoms with E-state index < -0.39 is 0 Å². The number of ether oxygens (including phenoxy) is 1. The molecule has 2 unspecified atom stereocenters. The Morgan fingerprint density at radius 2 is 1.88 bits per heavy atom. The Balaban J connectivity index is 1.70. The molecule has 3 fully saturated rings. The van der Waals surface area contributed by atoms with E-state index in [0.29, 0.717) is 5.41 Å². The van der Waals surface area contributed by atoms with E-state index in [2.05, 4.69) is 19.3 Å². The molecule has 1 heterocycles. The number of hydrogen-bond donors (Lipinski definition) is 1. The molecule has 17 heavy (non-hydrogen) atoms. The summed E-state index contributed by atoms with van der Waals surface area (Å²) in [7, 11) is 2.16. The minimum Gasteiger partial charge on any atom is -0.375 e. The molecule has 3 aliphatic rings. The van der Waals surface area contributed by atoms with Gasteiger partial charge in [-0.25, -0.2) is 0 Å². The first-order valence-corrected chi connectivity index (χ1v) is 7.49. The fraction of sp³-hybridized carbons (Fsp3) is 1.00. The number of rotatable bonds is 3. The van der Waals surface area contributed by atoms with Crippen LogP contribution < -0.4 is 5.32 Å². The molecule has 98 valence electrons. The average Bonchev–Trinajstić information content (AvgIpc) is 2.89. The molecule has 1 aliphatic heterocycles. The summed E-state index contributed by atoms with van der Waals surface area (Å²) in [6.45, 7) is 3.46. The highest BCUT2D eigenvalue weighted by Crippen LogP contribution is 2.53. The van der Waals surface area contributed by atoms with Crippen molar-refractivity contribution >= 4 is 0 Å². The minimum atomic E-state index is 0.281. The third kappa shape index (κ3) is 2.15. The quantitative estimate of drug-likeness (QED) is 0.814. The molecule has 0 radical (unpaired) electrons. The van der Waals surface area contributed by atoms with Gasteiger partial charge in [-0.05, 0) is 56.9 Å². The Labute approximate surface area is 105 Å². The molecule has 0 aromatic heterocycles. The van der Waals surface area contributed by atoms with Gasteiger partial charge in [-0.1, -0.05) is 19.8 Å². The Morgan fingerprint density at radius 3 is 2.47 bits per heavy atom. The summed E-state index contributed by atoms with van der Waals surface area (Å²) in [6.07, 6.45) is 10.8. The molecule has 0 aromatic carbocycles. The first-order valence-electron chi connectivity index (χ1n) is 7.49. The molecular weight excluding hydrogens is 210 g/mol. The third-order valence-corrected chi connectivity index (χ3v) is 5.62. The normalized spacial score (nSPS) is 36.0. The molecule has 0 amide bonds. The molecule has 0 bridgehead atoms. The van der Waals surface area contributed by atoms with E-state index in [0.717, 1.165) is 18.6 Å². The molecule has 2 nitrogen and oxygen atoms in total. The Kier molecular flexibility index (Phi) is 2.99. The largest absolute Gasteiger partial charge is 0.375 e. The van der Waals surface area contributed by atoms with E-state index in [1.165, 1.54) is 51.4 Å². The van der Waals surface area contributed by atoms with Gasteiger partial charge >= 0.3 is 0 Å². The van der Waals surface area contributed by atoms with Crippen molar-refractivity contribution in [2.75, 3.05) is 13.7 Å². The van der Waals surface area contributed by atoms with Crippen LogP contribution in [0.1, 0.15) is 58.3 Å². The van der Waals surface area contributed by atoms with Crippen LogP contribution in [0, 0.1) is 11.3 Å². The lowest BCUT2D eigenvalue weighted by molar-refractivity contribution is -0.101. The lowest BCUT2D eigenvalue weighted by atomic mass is 9.76. The summed E-state index contributed by atoms with van der Waals surface area (Å²) >= 11 is 0. The third-order valence-electron chi connectivity index (χ3n) is 5.62. The summed E-state index contributed by atoms with van der Waals surface area (Å²) in [5.41, 5.74) is 0.875. The van der Waals surface area contributed by atoms with Crippen LogP contribution in [0.5, 0.6) is 0 Å². The Hall–Kier alpha value is -0.0800. The molecule has 1 spiro atoms. The molecule has 2 heteroatoms. The topological polar surface area (TPSA) is 21.3 Å². The van der Waals surface area contributed by atoms with E-state index in [9.17, 15) is 0 Å². The summed E-state index contributed by atoms with van der Waals surface area (Å²) in [6, 6.07) is 0.726. The van der Waals surface area contributed by atoms with Crippen LogP contribution in [0.15, 0.2) is 0 Å². The van der Waals surface area contributed by atoms with Crippen molar-refractivity contribution < 1.29 is 4.74 Å². The van der Waals surface area contributed by atoms with Gasteiger partial charge in [0.2, 0.25) is 0 Å². The molecule has 0 aromatic rings. The summed E-state index contributed by atoms with van der Waals surface area (Å²) < 4.78 is 6.16. The van der Waals surface area contributed by atoms with Crippen molar-refractivity contribution in [3.63, 3.8) is 0 Å². The molecule has 2 saturated carbocycles.